The van der Waals surface area contributed by atoms with Gasteiger partial charge >= 0.3 is 5.97 Å². The minimum Gasteiger partial charge on any atom is -0.466 e. The van der Waals surface area contributed by atoms with E-state index in [-0.39, 0.29) is 12.4 Å². The first-order valence-corrected chi connectivity index (χ1v) is 13.5. The highest BCUT2D eigenvalue weighted by atomic mass is 32.2. The Morgan fingerprint density at radius 2 is 1.80 bits per heavy atom. The third-order valence-electron chi connectivity index (χ3n) is 6.25. The van der Waals surface area contributed by atoms with Gasteiger partial charge in [-0.2, -0.15) is 18.9 Å². The summed E-state index contributed by atoms with van der Waals surface area (Å²) >= 11 is 0. The van der Waals surface area contributed by atoms with Gasteiger partial charge in [0.05, 0.1) is 17.9 Å². The number of carbonyl (C=O) groups excluding carboxylic acids is 1. The molecule has 1 aliphatic rings. The lowest BCUT2D eigenvalue weighted by atomic mass is 10.1. The normalized spacial score (nSPS) is 15.0. The Bertz CT molecular complexity index is 1280. The molecule has 0 spiro atoms. The number of ether oxygens (including phenoxy) is 1. The van der Waals surface area contributed by atoms with E-state index < -0.39 is 10.0 Å². The summed E-state index contributed by atoms with van der Waals surface area (Å²) in [6.07, 6.45) is 4.61. The Morgan fingerprint density at radius 3 is 2.46 bits per heavy atom. The molecule has 1 fully saturated rings. The second-order valence-corrected chi connectivity index (χ2v) is 10.5. The van der Waals surface area contributed by atoms with E-state index in [0.29, 0.717) is 60.5 Å². The average molecular weight is 501 g/mol. The van der Waals surface area contributed by atoms with E-state index in [1.165, 1.54) is 10.6 Å². The van der Waals surface area contributed by atoms with Gasteiger partial charge in [-0.25, -0.2) is 13.4 Å². The van der Waals surface area contributed by atoms with E-state index in [4.69, 9.17) is 4.74 Å². The number of anilines is 1. The molecule has 0 bridgehead atoms. The van der Waals surface area contributed by atoms with Crippen molar-refractivity contribution in [2.75, 3.05) is 37.7 Å². The minimum absolute atomic E-state index is 0.0562. The highest BCUT2D eigenvalue weighted by molar-refractivity contribution is 7.89. The molecule has 4 rings (SSSR count). The summed E-state index contributed by atoms with van der Waals surface area (Å²) in [4.78, 5) is 23.3. The minimum atomic E-state index is -3.60. The molecular formula is C24H32N6O4S. The molecule has 2 aromatic heterocycles. The van der Waals surface area contributed by atoms with Crippen molar-refractivity contribution in [3.05, 3.63) is 47.4 Å². The number of unbranched alkanes of at least 4 members (excludes halogenated alkanes) is 1. The van der Waals surface area contributed by atoms with Gasteiger partial charge in [0.25, 0.3) is 5.78 Å². The molecule has 0 saturated carbocycles. The van der Waals surface area contributed by atoms with E-state index in [2.05, 4.69) is 22.0 Å². The van der Waals surface area contributed by atoms with Gasteiger partial charge in [-0.3, -0.25) is 4.79 Å². The number of carbonyl (C=O) groups is 1. The summed E-state index contributed by atoms with van der Waals surface area (Å²) in [5.74, 6) is 0.792. The second kappa shape index (κ2) is 10.7. The number of rotatable bonds is 9. The van der Waals surface area contributed by atoms with E-state index >= 15 is 0 Å². The maximum Gasteiger partial charge on any atom is 0.310 e. The Hall–Kier alpha value is -3.05. The molecule has 0 radical (unpaired) electrons. The van der Waals surface area contributed by atoms with Crippen LogP contribution in [0.2, 0.25) is 0 Å². The van der Waals surface area contributed by atoms with Crippen molar-refractivity contribution < 1.29 is 17.9 Å². The van der Waals surface area contributed by atoms with Gasteiger partial charge < -0.3 is 9.64 Å². The molecular weight excluding hydrogens is 468 g/mol. The fourth-order valence-corrected chi connectivity index (χ4v) is 5.78. The summed E-state index contributed by atoms with van der Waals surface area (Å²) in [5.41, 5.74) is 2.53. The molecule has 0 aliphatic carbocycles. The zero-order valence-electron chi connectivity index (χ0n) is 20.5. The van der Waals surface area contributed by atoms with E-state index in [1.54, 1.807) is 23.6 Å². The molecule has 3 heterocycles. The Labute approximate surface area is 206 Å². The molecule has 1 aromatic carbocycles. The zero-order valence-corrected chi connectivity index (χ0v) is 21.3. The van der Waals surface area contributed by atoms with E-state index in [9.17, 15) is 13.2 Å². The maximum atomic E-state index is 13.3. The number of hydrogen-bond acceptors (Lipinski definition) is 8. The van der Waals surface area contributed by atoms with Crippen molar-refractivity contribution in [2.45, 2.75) is 51.3 Å². The van der Waals surface area contributed by atoms with Crippen LogP contribution in [0.3, 0.4) is 0 Å². The third-order valence-corrected chi connectivity index (χ3v) is 8.16. The van der Waals surface area contributed by atoms with Gasteiger partial charge in [0.2, 0.25) is 10.0 Å². The molecule has 0 unspecified atom stereocenters. The summed E-state index contributed by atoms with van der Waals surface area (Å²) in [6, 6.07) is 7.22. The SMILES string of the molecule is CCCCc1ccc(S(=O)(=O)N2CCN(c3c(CC(=O)OCC)c(C)nc4ncnn34)CC2)cc1. The van der Waals surface area contributed by atoms with Crippen LogP contribution in [0.5, 0.6) is 0 Å². The molecule has 35 heavy (non-hydrogen) atoms. The van der Waals surface area contributed by atoms with Crippen LogP contribution < -0.4 is 4.90 Å². The topological polar surface area (TPSA) is 110 Å². The molecule has 0 amide bonds. The number of aryl methyl sites for hydroxylation is 2. The van der Waals surface area contributed by atoms with Crippen molar-refractivity contribution in [3.8, 4) is 0 Å². The summed E-state index contributed by atoms with van der Waals surface area (Å²) < 4.78 is 34.8. The van der Waals surface area contributed by atoms with Crippen molar-refractivity contribution in [3.63, 3.8) is 0 Å². The fraction of sp³-hybridized carbons (Fsp3) is 0.500. The molecule has 1 saturated heterocycles. The van der Waals surface area contributed by atoms with Crippen molar-refractivity contribution in [2.24, 2.45) is 0 Å². The van der Waals surface area contributed by atoms with Gasteiger partial charge in [0.1, 0.15) is 12.1 Å². The van der Waals surface area contributed by atoms with E-state index in [0.717, 1.165) is 24.8 Å². The number of piperazine rings is 1. The fourth-order valence-electron chi connectivity index (χ4n) is 4.35. The van der Waals surface area contributed by atoms with Crippen LogP contribution in [-0.2, 0) is 32.4 Å². The molecule has 3 aromatic rings. The lowest BCUT2D eigenvalue weighted by molar-refractivity contribution is -0.142. The summed E-state index contributed by atoms with van der Waals surface area (Å²) in [6.45, 7) is 7.55. The highest BCUT2D eigenvalue weighted by Crippen LogP contribution is 2.27. The smallest absolute Gasteiger partial charge is 0.310 e. The van der Waals surface area contributed by atoms with Gasteiger partial charge in [0, 0.05) is 37.4 Å². The van der Waals surface area contributed by atoms with Crippen molar-refractivity contribution in [1.29, 1.82) is 0 Å². The molecule has 10 nitrogen and oxygen atoms in total. The van der Waals surface area contributed by atoms with Crippen molar-refractivity contribution in [1.82, 2.24) is 23.9 Å². The van der Waals surface area contributed by atoms with Crippen LogP contribution in [-0.4, -0.2) is 71.1 Å². The first-order chi connectivity index (χ1) is 16.8. The van der Waals surface area contributed by atoms with Gasteiger partial charge in [0.15, 0.2) is 0 Å². The third kappa shape index (κ3) is 5.30. The lowest BCUT2D eigenvalue weighted by Gasteiger charge is -2.36. The predicted octanol–water partition coefficient (Wildman–Crippen LogP) is 2.39. The van der Waals surface area contributed by atoms with Gasteiger partial charge in [-0.05, 0) is 44.4 Å². The number of fused-ring (bicyclic) bond motifs is 1. The number of benzene rings is 1. The highest BCUT2D eigenvalue weighted by Gasteiger charge is 2.31. The van der Waals surface area contributed by atoms with Crippen LogP contribution in [0.25, 0.3) is 5.78 Å². The second-order valence-electron chi connectivity index (χ2n) is 8.59. The summed E-state index contributed by atoms with van der Waals surface area (Å²) in [7, 11) is -3.60. The standard InChI is InChI=1S/C24H32N6O4S/c1-4-6-7-19-8-10-20(11-9-19)35(32,33)29-14-12-28(13-15-29)23-21(16-22(31)34-5-2)18(3)27-24-25-17-26-30(23)24/h8-11,17H,4-7,12-16H2,1-3H3. The molecule has 0 atom stereocenters. The van der Waals surface area contributed by atoms with Crippen LogP contribution in [0.15, 0.2) is 35.5 Å². The first kappa shape index (κ1) is 25.1. The number of nitrogens with zero attached hydrogens (tertiary/aromatic N) is 6. The molecule has 0 N–H and O–H groups in total. The van der Waals surface area contributed by atoms with Crippen LogP contribution in [0, 0.1) is 6.92 Å². The Morgan fingerprint density at radius 1 is 1.09 bits per heavy atom. The average Bonchev–Trinajstić information content (AvgIpc) is 3.31. The summed E-state index contributed by atoms with van der Waals surface area (Å²) in [5, 5.41) is 4.31. The maximum absolute atomic E-state index is 13.3. The largest absolute Gasteiger partial charge is 0.466 e. The molecule has 188 valence electrons. The van der Waals surface area contributed by atoms with Gasteiger partial charge in [-0.15, -0.1) is 0 Å². The first-order valence-electron chi connectivity index (χ1n) is 12.0. The lowest BCUT2D eigenvalue weighted by Crippen LogP contribution is -2.49. The van der Waals surface area contributed by atoms with Gasteiger partial charge in [-0.1, -0.05) is 25.5 Å². The number of hydrogen-bond donors (Lipinski definition) is 0. The monoisotopic (exact) mass is 500 g/mol. The zero-order chi connectivity index (χ0) is 25.0. The molecule has 11 heteroatoms. The Kier molecular flexibility index (Phi) is 7.66. The van der Waals surface area contributed by atoms with Crippen LogP contribution in [0.1, 0.15) is 43.5 Å². The number of esters is 1. The number of sulfonamides is 1. The Balaban J connectivity index is 1.55. The quantitative estimate of drug-likeness (QED) is 0.412. The van der Waals surface area contributed by atoms with Crippen LogP contribution in [0.4, 0.5) is 5.82 Å². The van der Waals surface area contributed by atoms with E-state index in [1.807, 2.05) is 24.0 Å². The van der Waals surface area contributed by atoms with Crippen LogP contribution >= 0.6 is 0 Å². The predicted molar refractivity (Wildman–Crippen MR) is 132 cm³/mol. The number of aromatic nitrogens is 4. The van der Waals surface area contributed by atoms with Crippen molar-refractivity contribution >= 4 is 27.6 Å². The molecule has 1 aliphatic heterocycles.